The van der Waals surface area contributed by atoms with Crippen molar-refractivity contribution in [1.82, 2.24) is 20.3 Å². The zero-order chi connectivity index (χ0) is 18.8. The Balaban J connectivity index is 1.38. The van der Waals surface area contributed by atoms with Crippen molar-refractivity contribution < 1.29 is 0 Å². The smallest absolute Gasteiger partial charge is 0.138 e. The van der Waals surface area contributed by atoms with E-state index < -0.39 is 0 Å². The monoisotopic (exact) mass is 369 g/mol. The number of aromatic amines is 1. The highest BCUT2D eigenvalue weighted by Gasteiger charge is 2.19. The van der Waals surface area contributed by atoms with E-state index in [9.17, 15) is 0 Å². The van der Waals surface area contributed by atoms with Gasteiger partial charge in [0.1, 0.15) is 11.5 Å². The SMILES string of the molecule is c1ccc(CNc2ccc(-c3ccnc4[nH]c(C5CCNC5)cc34)cn2)cc1. The van der Waals surface area contributed by atoms with Gasteiger partial charge in [-0.05, 0) is 48.4 Å². The van der Waals surface area contributed by atoms with Crippen LogP contribution < -0.4 is 10.6 Å². The van der Waals surface area contributed by atoms with Crippen molar-refractivity contribution in [2.45, 2.75) is 18.9 Å². The Morgan fingerprint density at radius 1 is 1.04 bits per heavy atom. The Bertz CT molecular complexity index is 1060. The second-order valence-electron chi connectivity index (χ2n) is 7.31. The lowest BCUT2D eigenvalue weighted by Gasteiger charge is -2.07. The Morgan fingerprint density at radius 2 is 1.96 bits per heavy atom. The number of fused-ring (bicyclic) bond motifs is 1. The van der Waals surface area contributed by atoms with Gasteiger partial charge in [-0.1, -0.05) is 30.3 Å². The number of aromatic nitrogens is 3. The number of hydrogen-bond donors (Lipinski definition) is 3. The summed E-state index contributed by atoms with van der Waals surface area (Å²) in [5.74, 6) is 1.43. The van der Waals surface area contributed by atoms with E-state index >= 15 is 0 Å². The molecule has 0 bridgehead atoms. The summed E-state index contributed by atoms with van der Waals surface area (Å²) in [4.78, 5) is 12.7. The predicted octanol–water partition coefficient (Wildman–Crippen LogP) is 4.31. The van der Waals surface area contributed by atoms with Crippen molar-refractivity contribution in [1.29, 1.82) is 0 Å². The molecule has 0 radical (unpaired) electrons. The van der Waals surface area contributed by atoms with E-state index in [-0.39, 0.29) is 0 Å². The van der Waals surface area contributed by atoms with Crippen LogP contribution in [0.5, 0.6) is 0 Å². The topological polar surface area (TPSA) is 65.6 Å². The van der Waals surface area contributed by atoms with E-state index in [0.717, 1.165) is 42.0 Å². The van der Waals surface area contributed by atoms with Crippen LogP contribution in [0.1, 0.15) is 23.6 Å². The van der Waals surface area contributed by atoms with Crippen LogP contribution >= 0.6 is 0 Å². The molecule has 28 heavy (non-hydrogen) atoms. The van der Waals surface area contributed by atoms with E-state index in [1.54, 1.807) is 0 Å². The second-order valence-corrected chi connectivity index (χ2v) is 7.31. The molecule has 1 aliphatic rings. The highest BCUT2D eigenvalue weighted by atomic mass is 15.0. The Labute approximate surface area is 164 Å². The molecule has 5 rings (SSSR count). The molecule has 1 aromatic carbocycles. The van der Waals surface area contributed by atoms with Gasteiger partial charge in [0.25, 0.3) is 0 Å². The predicted molar refractivity (Wildman–Crippen MR) is 113 cm³/mol. The molecule has 1 fully saturated rings. The van der Waals surface area contributed by atoms with Crippen molar-refractivity contribution in [2.75, 3.05) is 18.4 Å². The van der Waals surface area contributed by atoms with Gasteiger partial charge in [0.05, 0.1) is 0 Å². The summed E-state index contributed by atoms with van der Waals surface area (Å²) in [6.07, 6.45) is 4.98. The van der Waals surface area contributed by atoms with Crippen molar-refractivity contribution >= 4 is 16.9 Å². The van der Waals surface area contributed by atoms with Crippen molar-refractivity contribution in [3.8, 4) is 11.1 Å². The number of benzene rings is 1. The third kappa shape index (κ3) is 3.37. The molecule has 4 heterocycles. The van der Waals surface area contributed by atoms with Gasteiger partial charge >= 0.3 is 0 Å². The minimum absolute atomic E-state index is 0.546. The summed E-state index contributed by atoms with van der Waals surface area (Å²) < 4.78 is 0. The fourth-order valence-corrected chi connectivity index (χ4v) is 3.89. The molecule has 1 aliphatic heterocycles. The maximum absolute atomic E-state index is 4.61. The number of nitrogens with zero attached hydrogens (tertiary/aromatic N) is 2. The summed E-state index contributed by atoms with van der Waals surface area (Å²) in [5, 5.41) is 7.98. The summed E-state index contributed by atoms with van der Waals surface area (Å²) in [6.45, 7) is 2.89. The first-order valence-electron chi connectivity index (χ1n) is 9.79. The molecular formula is C23H23N5. The van der Waals surface area contributed by atoms with Gasteiger partial charge in [0.2, 0.25) is 0 Å². The molecule has 1 saturated heterocycles. The fourth-order valence-electron chi connectivity index (χ4n) is 3.89. The number of nitrogens with one attached hydrogen (secondary N) is 3. The van der Waals surface area contributed by atoms with Crippen LogP contribution in [-0.4, -0.2) is 28.0 Å². The summed E-state index contributed by atoms with van der Waals surface area (Å²) in [7, 11) is 0. The standard InChI is InChI=1S/C23H23N5/c1-2-4-16(5-3-1)13-26-22-7-6-17(15-27-22)19-9-11-25-23-20(19)12-21(28-23)18-8-10-24-14-18/h1-7,9,11-12,15,18,24H,8,10,13-14H2,(H,25,28)(H,26,27). The normalized spacial score (nSPS) is 16.5. The van der Waals surface area contributed by atoms with E-state index in [1.165, 1.54) is 23.2 Å². The quantitative estimate of drug-likeness (QED) is 0.490. The van der Waals surface area contributed by atoms with Gasteiger partial charge in [-0.3, -0.25) is 0 Å². The lowest BCUT2D eigenvalue weighted by Crippen LogP contribution is -2.07. The van der Waals surface area contributed by atoms with E-state index in [1.807, 2.05) is 24.5 Å². The van der Waals surface area contributed by atoms with Crippen LogP contribution in [0.3, 0.4) is 0 Å². The average molecular weight is 369 g/mol. The number of H-pyrrole nitrogens is 1. The van der Waals surface area contributed by atoms with Crippen molar-refractivity contribution in [3.05, 3.63) is 78.2 Å². The molecule has 5 nitrogen and oxygen atoms in total. The molecule has 0 aliphatic carbocycles. The van der Waals surface area contributed by atoms with Gasteiger partial charge in [-0.2, -0.15) is 0 Å². The minimum Gasteiger partial charge on any atom is -0.366 e. The van der Waals surface area contributed by atoms with E-state index in [4.69, 9.17) is 0 Å². The maximum Gasteiger partial charge on any atom is 0.138 e. The number of anilines is 1. The minimum atomic E-state index is 0.546. The largest absolute Gasteiger partial charge is 0.366 e. The molecular weight excluding hydrogens is 346 g/mol. The van der Waals surface area contributed by atoms with Crippen LogP contribution in [0.2, 0.25) is 0 Å². The number of hydrogen-bond acceptors (Lipinski definition) is 4. The van der Waals surface area contributed by atoms with Gasteiger partial charge in [-0.15, -0.1) is 0 Å². The third-order valence-corrected chi connectivity index (χ3v) is 5.44. The highest BCUT2D eigenvalue weighted by molar-refractivity contribution is 5.93. The highest BCUT2D eigenvalue weighted by Crippen LogP contribution is 2.31. The Morgan fingerprint density at radius 3 is 2.75 bits per heavy atom. The van der Waals surface area contributed by atoms with E-state index in [2.05, 4.69) is 68.1 Å². The summed E-state index contributed by atoms with van der Waals surface area (Å²) in [5.41, 5.74) is 5.73. The summed E-state index contributed by atoms with van der Waals surface area (Å²) >= 11 is 0. The second kappa shape index (κ2) is 7.44. The first kappa shape index (κ1) is 17.0. The Kier molecular flexibility index (Phi) is 4.51. The molecule has 1 atom stereocenters. The van der Waals surface area contributed by atoms with Crippen LogP contribution in [0, 0.1) is 0 Å². The first-order chi connectivity index (χ1) is 13.9. The maximum atomic E-state index is 4.61. The molecule has 3 aromatic heterocycles. The zero-order valence-corrected chi connectivity index (χ0v) is 15.7. The van der Waals surface area contributed by atoms with Crippen molar-refractivity contribution in [3.63, 3.8) is 0 Å². The molecule has 5 heteroatoms. The molecule has 0 saturated carbocycles. The molecule has 0 spiro atoms. The van der Waals surface area contributed by atoms with Gasteiger partial charge in [0.15, 0.2) is 0 Å². The number of rotatable bonds is 5. The molecule has 140 valence electrons. The van der Waals surface area contributed by atoms with Crippen LogP contribution in [0.4, 0.5) is 5.82 Å². The van der Waals surface area contributed by atoms with Crippen LogP contribution in [0.25, 0.3) is 22.2 Å². The molecule has 0 amide bonds. The zero-order valence-electron chi connectivity index (χ0n) is 15.7. The Hall–Kier alpha value is -3.18. The molecule has 3 N–H and O–H groups in total. The average Bonchev–Trinajstić information content (AvgIpc) is 3.43. The van der Waals surface area contributed by atoms with Crippen LogP contribution in [0.15, 0.2) is 67.0 Å². The lowest BCUT2D eigenvalue weighted by molar-refractivity contribution is 0.743. The van der Waals surface area contributed by atoms with E-state index in [0.29, 0.717) is 5.92 Å². The van der Waals surface area contributed by atoms with Crippen molar-refractivity contribution in [2.24, 2.45) is 0 Å². The molecule has 1 unspecified atom stereocenters. The van der Waals surface area contributed by atoms with Crippen LogP contribution in [-0.2, 0) is 6.54 Å². The molecule has 4 aromatic rings. The van der Waals surface area contributed by atoms with Gasteiger partial charge < -0.3 is 15.6 Å². The fraction of sp³-hybridized carbons (Fsp3) is 0.217. The number of pyridine rings is 2. The van der Waals surface area contributed by atoms with Gasteiger partial charge in [-0.25, -0.2) is 9.97 Å². The van der Waals surface area contributed by atoms with Gasteiger partial charge in [0, 0.05) is 48.0 Å². The first-order valence-corrected chi connectivity index (χ1v) is 9.79. The third-order valence-electron chi connectivity index (χ3n) is 5.44. The summed E-state index contributed by atoms with van der Waals surface area (Å²) in [6, 6.07) is 18.8. The lowest BCUT2D eigenvalue weighted by atomic mass is 10.0.